The molecule has 3 rings (SSSR count). The Morgan fingerprint density at radius 2 is 1.75 bits per heavy atom. The fourth-order valence-electron chi connectivity index (χ4n) is 2.92. The molecule has 0 aromatic heterocycles. The van der Waals surface area contributed by atoms with E-state index in [1.165, 1.54) is 31.4 Å². The molecule has 3 aromatic rings. The minimum atomic E-state index is -3.89. The van der Waals surface area contributed by atoms with Crippen molar-refractivity contribution in [1.82, 2.24) is 0 Å². The van der Waals surface area contributed by atoms with Crippen molar-refractivity contribution in [2.45, 2.75) is 16.2 Å². The van der Waals surface area contributed by atoms with Crippen LogP contribution in [0.3, 0.4) is 0 Å². The Labute approximate surface area is 191 Å². The van der Waals surface area contributed by atoms with E-state index in [-0.39, 0.29) is 39.4 Å². The molecule has 0 unspecified atom stereocenters. The lowest BCUT2D eigenvalue weighted by atomic mass is 10.1. The molecule has 0 saturated heterocycles. The fraction of sp³-hybridized carbons (Fsp3) is 0.130. The van der Waals surface area contributed by atoms with Crippen LogP contribution in [0.15, 0.2) is 76.5 Å². The van der Waals surface area contributed by atoms with Crippen molar-refractivity contribution in [2.24, 2.45) is 0 Å². The lowest BCUT2D eigenvalue weighted by Gasteiger charge is -2.14. The number of carbonyl (C=O) groups is 1. The Bertz CT molecular complexity index is 1250. The minimum absolute atomic E-state index is 0.0381. The van der Waals surface area contributed by atoms with Crippen LogP contribution in [-0.2, 0) is 21.1 Å². The van der Waals surface area contributed by atoms with E-state index >= 15 is 0 Å². The van der Waals surface area contributed by atoms with Crippen molar-refractivity contribution in [3.8, 4) is 11.8 Å². The number of anilines is 2. The largest absolute Gasteiger partial charge is 0.497 e. The topological polar surface area (TPSA) is 108 Å². The number of ether oxygens (including phenoxy) is 1. The van der Waals surface area contributed by atoms with Gasteiger partial charge in [0.25, 0.3) is 0 Å². The van der Waals surface area contributed by atoms with Gasteiger partial charge in [-0.25, -0.2) is 8.42 Å². The molecule has 9 heteroatoms. The highest BCUT2D eigenvalue weighted by Gasteiger charge is 2.22. The zero-order chi connectivity index (χ0) is 23.1. The Kier molecular flexibility index (Phi) is 7.36. The number of amides is 1. The highest BCUT2D eigenvalue weighted by molar-refractivity contribution is 7.91. The predicted molar refractivity (Wildman–Crippen MR) is 123 cm³/mol. The second-order valence-electron chi connectivity index (χ2n) is 6.75. The zero-order valence-corrected chi connectivity index (χ0v) is 18.7. The first-order valence-electron chi connectivity index (χ1n) is 9.52. The molecule has 2 N–H and O–H groups in total. The minimum Gasteiger partial charge on any atom is -0.497 e. The van der Waals surface area contributed by atoms with Crippen LogP contribution in [0.2, 0.25) is 5.02 Å². The SMILES string of the molecule is COc1ccc(S(=O)(=O)c2cc(Cl)ccc2NCC(=O)Nc2ccc(CC#N)cc2)cc1. The van der Waals surface area contributed by atoms with Gasteiger partial charge in [0.1, 0.15) is 5.75 Å². The van der Waals surface area contributed by atoms with Crippen LogP contribution >= 0.6 is 11.6 Å². The number of hydrogen-bond donors (Lipinski definition) is 2. The number of hydrogen-bond acceptors (Lipinski definition) is 6. The summed E-state index contributed by atoms with van der Waals surface area (Å²) in [6.45, 7) is -0.160. The first-order valence-corrected chi connectivity index (χ1v) is 11.4. The summed E-state index contributed by atoms with van der Waals surface area (Å²) < 4.78 is 31.4. The van der Waals surface area contributed by atoms with Crippen LogP contribution < -0.4 is 15.4 Å². The van der Waals surface area contributed by atoms with E-state index in [4.69, 9.17) is 21.6 Å². The van der Waals surface area contributed by atoms with Gasteiger partial charge in [-0.3, -0.25) is 4.79 Å². The summed E-state index contributed by atoms with van der Waals surface area (Å²) in [5.41, 5.74) is 1.67. The van der Waals surface area contributed by atoms with E-state index < -0.39 is 9.84 Å². The van der Waals surface area contributed by atoms with Gasteiger partial charge >= 0.3 is 0 Å². The van der Waals surface area contributed by atoms with Gasteiger partial charge in [0, 0.05) is 10.7 Å². The highest BCUT2D eigenvalue weighted by Crippen LogP contribution is 2.31. The molecule has 0 aliphatic rings. The molecule has 164 valence electrons. The quantitative estimate of drug-likeness (QED) is 0.509. The van der Waals surface area contributed by atoms with Gasteiger partial charge in [-0.05, 0) is 60.2 Å². The molecular formula is C23H20ClN3O4S. The van der Waals surface area contributed by atoms with E-state index in [9.17, 15) is 13.2 Å². The van der Waals surface area contributed by atoms with Crippen molar-refractivity contribution in [3.63, 3.8) is 0 Å². The summed E-state index contributed by atoms with van der Waals surface area (Å²) in [4.78, 5) is 12.4. The number of nitrogens with zero attached hydrogens (tertiary/aromatic N) is 1. The van der Waals surface area contributed by atoms with E-state index in [2.05, 4.69) is 16.7 Å². The number of benzene rings is 3. The third-order valence-electron chi connectivity index (χ3n) is 4.56. The molecule has 0 radical (unpaired) electrons. The Balaban J connectivity index is 1.76. The second-order valence-corrected chi connectivity index (χ2v) is 9.11. The lowest BCUT2D eigenvalue weighted by molar-refractivity contribution is -0.114. The van der Waals surface area contributed by atoms with Gasteiger partial charge in [-0.2, -0.15) is 5.26 Å². The van der Waals surface area contributed by atoms with Crippen molar-refractivity contribution in [3.05, 3.63) is 77.3 Å². The van der Waals surface area contributed by atoms with Crippen LogP contribution in [-0.4, -0.2) is 28.0 Å². The first kappa shape index (κ1) is 23.1. The Hall–Kier alpha value is -3.54. The summed E-state index contributed by atoms with van der Waals surface area (Å²) in [6.07, 6.45) is 0.289. The third-order valence-corrected chi connectivity index (χ3v) is 6.61. The van der Waals surface area contributed by atoms with E-state index in [1.807, 2.05) is 0 Å². The van der Waals surface area contributed by atoms with Crippen molar-refractivity contribution >= 4 is 38.7 Å². The summed E-state index contributed by atoms with van der Waals surface area (Å²) in [6, 6.07) is 19.4. The van der Waals surface area contributed by atoms with Gasteiger partial charge in [-0.15, -0.1) is 0 Å². The van der Waals surface area contributed by atoms with Crippen LogP contribution in [0, 0.1) is 11.3 Å². The summed E-state index contributed by atoms with van der Waals surface area (Å²) >= 11 is 6.05. The average molecular weight is 470 g/mol. The molecule has 1 amide bonds. The maximum Gasteiger partial charge on any atom is 0.243 e. The summed E-state index contributed by atoms with van der Waals surface area (Å²) in [5.74, 6) is 0.173. The number of nitriles is 1. The van der Waals surface area contributed by atoms with Crippen molar-refractivity contribution in [1.29, 1.82) is 5.26 Å². The summed E-state index contributed by atoms with van der Waals surface area (Å²) in [7, 11) is -2.40. The van der Waals surface area contributed by atoms with E-state index in [0.29, 0.717) is 11.4 Å². The number of rotatable bonds is 8. The summed E-state index contributed by atoms with van der Waals surface area (Å²) in [5, 5.41) is 14.6. The van der Waals surface area contributed by atoms with Crippen LogP contribution in [0.25, 0.3) is 0 Å². The smallest absolute Gasteiger partial charge is 0.243 e. The van der Waals surface area contributed by atoms with Crippen LogP contribution in [0.1, 0.15) is 5.56 Å². The van der Waals surface area contributed by atoms with Crippen LogP contribution in [0.4, 0.5) is 11.4 Å². The standard InChI is InChI=1S/C23H20ClN3O4S/c1-31-19-7-9-20(10-8-19)32(29,30)22-14-17(24)4-11-21(22)26-15-23(28)27-18-5-2-16(3-6-18)12-13-25/h2-11,14,26H,12,15H2,1H3,(H,27,28). The first-order chi connectivity index (χ1) is 15.3. The molecule has 0 bridgehead atoms. The van der Waals surface area contributed by atoms with Crippen LogP contribution in [0.5, 0.6) is 5.75 Å². The van der Waals surface area contributed by atoms with Gasteiger partial charge < -0.3 is 15.4 Å². The predicted octanol–water partition coefficient (Wildman–Crippen LogP) is 4.30. The van der Waals surface area contributed by atoms with E-state index in [0.717, 1.165) is 5.56 Å². The zero-order valence-electron chi connectivity index (χ0n) is 17.1. The number of methoxy groups -OCH3 is 1. The molecule has 0 aliphatic heterocycles. The van der Waals surface area contributed by atoms with Gasteiger partial charge in [0.15, 0.2) is 0 Å². The highest BCUT2D eigenvalue weighted by atomic mass is 35.5. The second kappa shape index (κ2) is 10.2. The molecule has 0 atom stereocenters. The molecule has 0 saturated carbocycles. The maximum absolute atomic E-state index is 13.2. The van der Waals surface area contributed by atoms with Crippen molar-refractivity contribution < 1.29 is 17.9 Å². The molecule has 7 nitrogen and oxygen atoms in total. The number of carbonyl (C=O) groups excluding carboxylic acids is 1. The molecule has 0 fully saturated rings. The number of sulfone groups is 1. The molecule has 0 heterocycles. The number of halogens is 1. The van der Waals surface area contributed by atoms with E-state index in [1.54, 1.807) is 42.5 Å². The Morgan fingerprint density at radius 1 is 1.06 bits per heavy atom. The maximum atomic E-state index is 13.2. The molecular weight excluding hydrogens is 450 g/mol. The lowest BCUT2D eigenvalue weighted by Crippen LogP contribution is -2.22. The van der Waals surface area contributed by atoms with Gasteiger partial charge in [-0.1, -0.05) is 23.7 Å². The Morgan fingerprint density at radius 3 is 2.38 bits per heavy atom. The average Bonchev–Trinajstić information content (AvgIpc) is 2.79. The van der Waals surface area contributed by atoms with Gasteiger partial charge in [0.05, 0.1) is 41.6 Å². The number of nitrogens with one attached hydrogen (secondary N) is 2. The third kappa shape index (κ3) is 5.58. The fourth-order valence-corrected chi connectivity index (χ4v) is 4.62. The molecule has 0 spiro atoms. The molecule has 32 heavy (non-hydrogen) atoms. The molecule has 3 aromatic carbocycles. The monoisotopic (exact) mass is 469 g/mol. The molecule has 0 aliphatic carbocycles. The van der Waals surface area contributed by atoms with Crippen molar-refractivity contribution in [2.75, 3.05) is 24.3 Å². The normalized spacial score (nSPS) is 10.8. The van der Waals surface area contributed by atoms with Gasteiger partial charge in [0.2, 0.25) is 15.7 Å².